The van der Waals surface area contributed by atoms with Gasteiger partial charge in [-0.05, 0) is 32.9 Å². The van der Waals surface area contributed by atoms with Crippen LogP contribution < -0.4 is 0 Å². The molecular formula is C15H15ClF3NO3. The summed E-state index contributed by atoms with van der Waals surface area (Å²) < 4.78 is 44.5. The van der Waals surface area contributed by atoms with E-state index in [1.807, 2.05) is 0 Å². The number of alkyl halides is 3. The summed E-state index contributed by atoms with van der Waals surface area (Å²) in [5, 5.41) is 9.85. The lowest BCUT2D eigenvalue weighted by Gasteiger charge is -2.19. The van der Waals surface area contributed by atoms with E-state index in [2.05, 4.69) is 0 Å². The average Bonchev–Trinajstić information content (AvgIpc) is 2.73. The Balaban J connectivity index is 2.62. The van der Waals surface area contributed by atoms with Crippen LogP contribution in [-0.2, 0) is 4.74 Å². The van der Waals surface area contributed by atoms with Crippen LogP contribution in [-0.4, -0.2) is 27.5 Å². The monoisotopic (exact) mass is 349 g/mol. The molecule has 1 aromatic heterocycles. The molecule has 2 aromatic rings. The molecule has 1 aromatic carbocycles. The molecule has 0 spiro atoms. The maximum absolute atomic E-state index is 12.8. The number of hydrogen-bond donors (Lipinski definition) is 1. The van der Waals surface area contributed by atoms with Crippen LogP contribution in [0.1, 0.15) is 32.4 Å². The molecule has 0 aliphatic rings. The first-order chi connectivity index (χ1) is 10.4. The Hall–Kier alpha value is -1.73. The van der Waals surface area contributed by atoms with Crippen molar-refractivity contribution in [3.63, 3.8) is 0 Å². The van der Waals surface area contributed by atoms with E-state index in [9.17, 15) is 23.1 Å². The molecule has 1 heterocycles. The fourth-order valence-corrected chi connectivity index (χ4v) is 2.25. The van der Waals surface area contributed by atoms with Gasteiger partial charge in [0, 0.05) is 22.2 Å². The zero-order valence-corrected chi connectivity index (χ0v) is 13.4. The number of carbonyl (C=O) groups is 1. The first-order valence-corrected chi connectivity index (χ1v) is 7.06. The first-order valence-electron chi connectivity index (χ1n) is 6.69. The lowest BCUT2D eigenvalue weighted by Crippen LogP contribution is -2.26. The van der Waals surface area contributed by atoms with Crippen molar-refractivity contribution in [1.82, 2.24) is 4.57 Å². The highest BCUT2D eigenvalue weighted by Gasteiger charge is 2.41. The number of fused-ring (bicyclic) bond motifs is 1. The number of aromatic nitrogens is 1. The quantitative estimate of drug-likeness (QED) is 0.813. The van der Waals surface area contributed by atoms with Crippen LogP contribution in [0.4, 0.5) is 18.0 Å². The van der Waals surface area contributed by atoms with E-state index in [4.69, 9.17) is 16.3 Å². The molecule has 126 valence electrons. The summed E-state index contributed by atoms with van der Waals surface area (Å²) in [6, 6.07) is 4.05. The summed E-state index contributed by atoms with van der Waals surface area (Å²) in [4.78, 5) is 12.2. The largest absolute Gasteiger partial charge is 0.443 e. The molecule has 1 unspecified atom stereocenters. The molecule has 0 saturated heterocycles. The van der Waals surface area contributed by atoms with Crippen LogP contribution in [0.5, 0.6) is 0 Å². The van der Waals surface area contributed by atoms with E-state index in [0.717, 1.165) is 10.8 Å². The van der Waals surface area contributed by atoms with Gasteiger partial charge in [0.1, 0.15) is 5.60 Å². The minimum absolute atomic E-state index is 0.0742. The number of aliphatic hydroxyl groups is 1. The average molecular weight is 350 g/mol. The lowest BCUT2D eigenvalue weighted by molar-refractivity contribution is -0.206. The summed E-state index contributed by atoms with van der Waals surface area (Å²) in [6.45, 7) is 4.90. The van der Waals surface area contributed by atoms with Crippen molar-refractivity contribution in [2.75, 3.05) is 0 Å². The van der Waals surface area contributed by atoms with Crippen molar-refractivity contribution < 1.29 is 27.8 Å². The van der Waals surface area contributed by atoms with E-state index >= 15 is 0 Å². The molecule has 1 atom stereocenters. The summed E-state index contributed by atoms with van der Waals surface area (Å²) in [5.74, 6) is 0. The number of rotatable bonds is 1. The van der Waals surface area contributed by atoms with Crippen LogP contribution in [0.3, 0.4) is 0 Å². The van der Waals surface area contributed by atoms with Crippen molar-refractivity contribution in [1.29, 1.82) is 0 Å². The number of benzene rings is 1. The Morgan fingerprint density at radius 3 is 2.43 bits per heavy atom. The van der Waals surface area contributed by atoms with Crippen molar-refractivity contribution in [3.05, 3.63) is 35.0 Å². The minimum atomic E-state index is -4.85. The Kier molecular flexibility index (Phi) is 4.38. The number of ether oxygens (including phenoxy) is 1. The van der Waals surface area contributed by atoms with Gasteiger partial charge in [0.05, 0.1) is 5.52 Å². The van der Waals surface area contributed by atoms with Gasteiger partial charge in [-0.1, -0.05) is 17.7 Å². The molecule has 0 radical (unpaired) electrons. The number of nitrogens with zero attached hydrogens (tertiary/aromatic N) is 1. The Morgan fingerprint density at radius 2 is 1.91 bits per heavy atom. The van der Waals surface area contributed by atoms with Crippen LogP contribution in [0.2, 0.25) is 5.02 Å². The highest BCUT2D eigenvalue weighted by Crippen LogP contribution is 2.37. The molecule has 0 amide bonds. The Morgan fingerprint density at radius 1 is 1.30 bits per heavy atom. The van der Waals surface area contributed by atoms with Gasteiger partial charge in [-0.3, -0.25) is 4.57 Å². The fourth-order valence-electron chi connectivity index (χ4n) is 2.08. The van der Waals surface area contributed by atoms with Gasteiger partial charge in [0.25, 0.3) is 0 Å². The topological polar surface area (TPSA) is 51.5 Å². The molecule has 2 rings (SSSR count). The highest BCUT2D eigenvalue weighted by atomic mass is 35.5. The summed E-state index contributed by atoms with van der Waals surface area (Å²) in [7, 11) is 0. The first kappa shape index (κ1) is 17.6. The molecule has 4 nitrogen and oxygen atoms in total. The molecule has 0 aliphatic heterocycles. The van der Waals surface area contributed by atoms with Crippen LogP contribution in [0, 0.1) is 0 Å². The number of aliphatic hydroxyl groups excluding tert-OH is 1. The molecule has 8 heteroatoms. The predicted molar refractivity (Wildman–Crippen MR) is 79.6 cm³/mol. The zero-order valence-electron chi connectivity index (χ0n) is 12.6. The second kappa shape index (κ2) is 5.72. The van der Waals surface area contributed by atoms with Gasteiger partial charge in [-0.2, -0.15) is 13.2 Å². The number of carbonyl (C=O) groups excluding carboxylic acids is 1. The highest BCUT2D eigenvalue weighted by molar-refractivity contribution is 6.31. The minimum Gasteiger partial charge on any atom is -0.443 e. The third kappa shape index (κ3) is 3.79. The second-order valence-corrected chi connectivity index (χ2v) is 6.48. The normalized spacial score (nSPS) is 14.1. The van der Waals surface area contributed by atoms with E-state index in [-0.39, 0.29) is 15.9 Å². The molecule has 0 saturated carbocycles. The van der Waals surface area contributed by atoms with E-state index in [1.54, 1.807) is 20.8 Å². The third-order valence-electron chi connectivity index (χ3n) is 2.99. The van der Waals surface area contributed by atoms with Crippen LogP contribution in [0.25, 0.3) is 10.9 Å². The van der Waals surface area contributed by atoms with Crippen molar-refractivity contribution in [2.45, 2.75) is 38.7 Å². The van der Waals surface area contributed by atoms with E-state index in [0.29, 0.717) is 0 Å². The maximum atomic E-state index is 12.8. The summed E-state index contributed by atoms with van der Waals surface area (Å²) in [5.41, 5.74) is -1.13. The number of halogens is 4. The molecule has 1 N–H and O–H groups in total. The van der Waals surface area contributed by atoms with Gasteiger partial charge < -0.3 is 9.84 Å². The second-order valence-electron chi connectivity index (χ2n) is 6.04. The Bertz CT molecular complexity index is 747. The lowest BCUT2D eigenvalue weighted by atomic mass is 10.1. The van der Waals surface area contributed by atoms with Gasteiger partial charge in [-0.15, -0.1) is 0 Å². The zero-order chi connectivity index (χ0) is 17.6. The van der Waals surface area contributed by atoms with Gasteiger partial charge in [0.2, 0.25) is 0 Å². The molecule has 0 aliphatic carbocycles. The fraction of sp³-hybridized carbons (Fsp3) is 0.400. The van der Waals surface area contributed by atoms with Crippen LogP contribution in [0.15, 0.2) is 24.4 Å². The third-order valence-corrected chi connectivity index (χ3v) is 3.23. The predicted octanol–water partition coefficient (Wildman–Crippen LogP) is 4.67. The van der Waals surface area contributed by atoms with Gasteiger partial charge in [-0.25, -0.2) is 4.79 Å². The number of hydrogen-bond acceptors (Lipinski definition) is 3. The standard InChI is InChI=1S/C15H15ClF3NO3/c1-14(2,3)23-13(22)20-7-10(12(21)15(17,18)19)9-5-4-8(16)6-11(9)20/h4-7,12,21H,1-3H3. The molecule has 0 fully saturated rings. The van der Waals surface area contributed by atoms with Crippen LogP contribution >= 0.6 is 11.6 Å². The van der Waals surface area contributed by atoms with Crippen molar-refractivity contribution in [3.8, 4) is 0 Å². The smallest absolute Gasteiger partial charge is 0.419 e. The molecule has 23 heavy (non-hydrogen) atoms. The van der Waals surface area contributed by atoms with Gasteiger partial charge in [0.15, 0.2) is 6.10 Å². The Labute approximate surface area is 135 Å². The molecule has 0 bridgehead atoms. The van der Waals surface area contributed by atoms with Crippen molar-refractivity contribution in [2.24, 2.45) is 0 Å². The summed E-state index contributed by atoms with van der Waals surface area (Å²) in [6.07, 6.45) is -7.50. The summed E-state index contributed by atoms with van der Waals surface area (Å²) >= 11 is 5.86. The van der Waals surface area contributed by atoms with Gasteiger partial charge >= 0.3 is 12.3 Å². The maximum Gasteiger partial charge on any atom is 0.419 e. The van der Waals surface area contributed by atoms with E-state index < -0.39 is 29.5 Å². The SMILES string of the molecule is CC(C)(C)OC(=O)n1cc(C(O)C(F)(F)F)c2ccc(Cl)cc21. The van der Waals surface area contributed by atoms with Crippen molar-refractivity contribution >= 4 is 28.6 Å². The van der Waals surface area contributed by atoms with E-state index in [1.165, 1.54) is 18.2 Å². The molecular weight excluding hydrogens is 335 g/mol.